The number of phenolic OH excluding ortho intramolecular Hbond substituents is 10. The maximum absolute atomic E-state index is 11.9. The zero-order valence-corrected chi connectivity index (χ0v) is 32.9. The number of esters is 1. The number of rotatable bonds is 12. The van der Waals surface area contributed by atoms with E-state index in [1.165, 1.54) is 43.3 Å². The van der Waals surface area contributed by atoms with Crippen LogP contribution in [0, 0.1) is 6.92 Å². The molecule has 1 fully saturated rings. The van der Waals surface area contributed by atoms with Gasteiger partial charge in [-0.25, -0.2) is 9.59 Å². The second-order valence-corrected chi connectivity index (χ2v) is 13.9. The minimum atomic E-state index is -2.28. The highest BCUT2D eigenvalue weighted by Crippen LogP contribution is 2.38. The molecule has 0 aliphatic heterocycles. The number of ketones is 1. The molecule has 1 aliphatic rings. The van der Waals surface area contributed by atoms with Crippen molar-refractivity contribution in [3.8, 4) is 57.5 Å². The summed E-state index contributed by atoms with van der Waals surface area (Å²) < 4.78 is 9.68. The van der Waals surface area contributed by atoms with E-state index in [9.17, 15) is 70.2 Å². The number of nitrogens with zero attached hydrogens (tertiary/aromatic N) is 1. The first-order valence-corrected chi connectivity index (χ1v) is 18.0. The van der Waals surface area contributed by atoms with Gasteiger partial charge in [-0.2, -0.15) is 0 Å². The Bertz CT molecular complexity index is 2160. The van der Waals surface area contributed by atoms with E-state index >= 15 is 0 Å². The molecule has 0 bridgehead atoms. The topological polar surface area (TPSA) is 373 Å². The van der Waals surface area contributed by atoms with Gasteiger partial charge in [-0.1, -0.05) is 12.1 Å². The van der Waals surface area contributed by atoms with Crippen LogP contribution in [0.1, 0.15) is 52.4 Å². The number of carboxylic acids is 1. The average molecular weight is 872 g/mol. The SMILES string of the molecule is CC(=O)c1cc(O)c(O)c(O)c1.Cc1ccc(/C=C/C(=O)OC2CC(O)(C(=O)O)CC(O)C2O)cc1O.O=COCN(Cc1cc(O)c(O)c(O)c1)Cc1cc(O)c(O)c(O)c1. The molecule has 4 aromatic carbocycles. The highest BCUT2D eigenvalue weighted by molar-refractivity contribution is 5.95. The van der Waals surface area contributed by atoms with Gasteiger partial charge in [0.25, 0.3) is 6.47 Å². The van der Waals surface area contributed by atoms with Gasteiger partial charge in [-0.3, -0.25) is 14.5 Å². The summed E-state index contributed by atoms with van der Waals surface area (Å²) in [5.41, 5.74) is -0.0964. The molecule has 4 unspecified atom stereocenters. The number of carboxylic acid groups (broad SMARTS) is 1. The van der Waals surface area contributed by atoms with Crippen molar-refractivity contribution >= 4 is 30.3 Å². The summed E-state index contributed by atoms with van der Waals surface area (Å²) >= 11 is 0. The summed E-state index contributed by atoms with van der Waals surface area (Å²) in [7, 11) is 0. The summed E-state index contributed by atoms with van der Waals surface area (Å²) in [4.78, 5) is 45.7. The van der Waals surface area contributed by atoms with Crippen LogP contribution in [0.25, 0.3) is 6.08 Å². The van der Waals surface area contributed by atoms with Crippen molar-refractivity contribution < 1.29 is 100 Å². The molecule has 4 atom stereocenters. The molecule has 21 heteroatoms. The van der Waals surface area contributed by atoms with Crippen LogP contribution in [0.5, 0.6) is 57.5 Å². The molecule has 62 heavy (non-hydrogen) atoms. The maximum atomic E-state index is 11.9. The lowest BCUT2D eigenvalue weighted by Crippen LogP contribution is -2.57. The van der Waals surface area contributed by atoms with Gasteiger partial charge >= 0.3 is 11.9 Å². The van der Waals surface area contributed by atoms with E-state index < -0.39 is 100 Å². The van der Waals surface area contributed by atoms with E-state index in [-0.39, 0.29) is 43.4 Å². The van der Waals surface area contributed by atoms with E-state index in [0.717, 1.165) is 18.2 Å². The van der Waals surface area contributed by atoms with E-state index in [4.69, 9.17) is 29.9 Å². The van der Waals surface area contributed by atoms with Crippen molar-refractivity contribution in [1.82, 2.24) is 4.90 Å². The first-order chi connectivity index (χ1) is 29.0. The summed E-state index contributed by atoms with van der Waals surface area (Å²) in [5.74, 6) is -7.61. The highest BCUT2D eigenvalue weighted by atomic mass is 16.6. The van der Waals surface area contributed by atoms with Crippen molar-refractivity contribution in [3.63, 3.8) is 0 Å². The van der Waals surface area contributed by atoms with Crippen molar-refractivity contribution in [3.05, 3.63) is 88.5 Å². The van der Waals surface area contributed by atoms with Gasteiger partial charge < -0.3 is 81.0 Å². The van der Waals surface area contributed by atoms with Gasteiger partial charge in [0.1, 0.15) is 24.7 Å². The lowest BCUT2D eigenvalue weighted by Gasteiger charge is -2.39. The van der Waals surface area contributed by atoms with Crippen LogP contribution in [0.2, 0.25) is 0 Å². The zero-order chi connectivity index (χ0) is 46.6. The summed E-state index contributed by atoms with van der Waals surface area (Å²) in [5, 5.41) is 132. The summed E-state index contributed by atoms with van der Waals surface area (Å²) in [6, 6.07) is 11.9. The highest BCUT2D eigenvalue weighted by Gasteiger charge is 2.50. The van der Waals surface area contributed by atoms with Crippen LogP contribution in [0.15, 0.2) is 60.7 Å². The van der Waals surface area contributed by atoms with E-state index in [1.54, 1.807) is 24.0 Å². The number of hydrogen-bond acceptors (Lipinski definition) is 20. The van der Waals surface area contributed by atoms with Crippen molar-refractivity contribution in [1.29, 1.82) is 0 Å². The molecule has 0 saturated heterocycles. The number of carbonyl (C=O) groups excluding carboxylic acids is 3. The Morgan fingerprint density at radius 2 is 1.19 bits per heavy atom. The number of aryl methyl sites for hydroxylation is 1. The lowest BCUT2D eigenvalue weighted by atomic mass is 9.79. The molecular formula is C41H45NO20. The molecule has 21 nitrogen and oxygen atoms in total. The average Bonchev–Trinajstić information content (AvgIpc) is 3.19. The molecule has 4 aromatic rings. The van der Waals surface area contributed by atoms with Crippen LogP contribution >= 0.6 is 0 Å². The minimum absolute atomic E-state index is 0.0628. The first kappa shape index (κ1) is 48.9. The number of ether oxygens (including phenoxy) is 2. The standard InChI is InChI=1S/C17H20O8.C16H17NO8.C8H8O4/c1-9-2-3-10(6-11(9)18)4-5-14(20)25-13-8-17(24,16(22)23)7-12(19)15(13)21;18-8-25-7-17(5-9-1-11(19)15(23)12(20)2-9)6-10-3-13(21)16(24)14(22)4-10;1-4(9)5-2-6(10)8(12)7(11)3-5/h2-6,12-13,15,18-19,21,24H,7-8H2,1H3,(H,22,23);1-4,8,19-24H,5-7H2;2-3,10-12H,1H3/b5-4+;;. The molecule has 0 aromatic heterocycles. The third-order valence-corrected chi connectivity index (χ3v) is 9.04. The van der Waals surface area contributed by atoms with Crippen LogP contribution < -0.4 is 0 Å². The molecule has 0 heterocycles. The smallest absolute Gasteiger partial charge is 0.335 e. The van der Waals surface area contributed by atoms with Crippen molar-refractivity contribution in [2.24, 2.45) is 0 Å². The van der Waals surface area contributed by atoms with Gasteiger partial charge in [-0.05, 0) is 84.6 Å². The lowest BCUT2D eigenvalue weighted by molar-refractivity contribution is -0.196. The number of benzene rings is 4. The maximum Gasteiger partial charge on any atom is 0.335 e. The Labute approximate surface area is 351 Å². The molecule has 1 saturated carbocycles. The Balaban J connectivity index is 0.000000263. The largest absolute Gasteiger partial charge is 0.508 e. The fourth-order valence-corrected chi connectivity index (χ4v) is 5.73. The van der Waals surface area contributed by atoms with Gasteiger partial charge in [0.2, 0.25) is 0 Å². The number of aliphatic hydroxyl groups excluding tert-OH is 2. The van der Waals surface area contributed by atoms with Gasteiger partial charge in [-0.15, -0.1) is 0 Å². The molecule has 5 rings (SSSR count). The van der Waals surface area contributed by atoms with Crippen LogP contribution in [-0.4, -0.2) is 131 Å². The fraction of sp³-hybridized carbons (Fsp3) is 0.268. The molecular weight excluding hydrogens is 826 g/mol. The number of carbonyl (C=O) groups is 4. The summed E-state index contributed by atoms with van der Waals surface area (Å²) in [6.45, 7) is 3.29. The van der Waals surface area contributed by atoms with E-state index in [0.29, 0.717) is 22.3 Å². The quantitative estimate of drug-likeness (QED) is 0.0242. The molecule has 0 spiro atoms. The van der Waals surface area contributed by atoms with E-state index in [2.05, 4.69) is 0 Å². The monoisotopic (exact) mass is 871 g/mol. The van der Waals surface area contributed by atoms with Crippen LogP contribution in [0.4, 0.5) is 0 Å². The summed E-state index contributed by atoms with van der Waals surface area (Å²) in [6.07, 6.45) is -3.09. The second-order valence-electron chi connectivity index (χ2n) is 13.9. The Hall–Kier alpha value is -7.46. The third kappa shape index (κ3) is 13.3. The zero-order valence-electron chi connectivity index (χ0n) is 32.9. The molecule has 0 radical (unpaired) electrons. The first-order valence-electron chi connectivity index (χ1n) is 18.0. The normalized spacial score (nSPS) is 18.1. The predicted molar refractivity (Wildman–Crippen MR) is 211 cm³/mol. The molecule has 0 amide bonds. The number of phenols is 10. The fourth-order valence-electron chi connectivity index (χ4n) is 5.73. The Morgan fingerprint density at radius 1 is 0.726 bits per heavy atom. The minimum Gasteiger partial charge on any atom is -0.508 e. The van der Waals surface area contributed by atoms with Gasteiger partial charge in [0, 0.05) is 37.6 Å². The molecule has 1 aliphatic carbocycles. The third-order valence-electron chi connectivity index (χ3n) is 9.04. The number of aromatic hydroxyl groups is 10. The van der Waals surface area contributed by atoms with Gasteiger partial charge in [0.15, 0.2) is 63.1 Å². The second kappa shape index (κ2) is 21.2. The van der Waals surface area contributed by atoms with Crippen molar-refractivity contribution in [2.45, 2.75) is 63.7 Å². The van der Waals surface area contributed by atoms with E-state index in [1.807, 2.05) is 0 Å². The number of hydrogen-bond donors (Lipinski definition) is 14. The van der Waals surface area contributed by atoms with Crippen LogP contribution in [0.3, 0.4) is 0 Å². The molecule has 334 valence electrons. The Morgan fingerprint density at radius 3 is 1.61 bits per heavy atom. The predicted octanol–water partition coefficient (Wildman–Crippen LogP) is 2.02. The number of Topliss-reactive ketones (excluding diaryl/α,β-unsaturated/α-hetero) is 1. The van der Waals surface area contributed by atoms with Crippen molar-refractivity contribution in [2.75, 3.05) is 6.73 Å². The van der Waals surface area contributed by atoms with Crippen LogP contribution in [-0.2, 0) is 36.9 Å². The number of aliphatic hydroxyl groups is 3. The number of aliphatic carboxylic acids is 1. The van der Waals surface area contributed by atoms with Gasteiger partial charge in [0.05, 0.1) is 6.10 Å². The Kier molecular flexibility index (Phi) is 16.7. The molecule has 14 N–H and O–H groups in total.